The van der Waals surface area contributed by atoms with Gasteiger partial charge in [0, 0.05) is 17.9 Å². The summed E-state index contributed by atoms with van der Waals surface area (Å²) < 4.78 is 54.6. The molecular formula is C21H20ClF4N3O4. The molecule has 1 aliphatic heterocycles. The Bertz CT molecular complexity index is 1150. The Labute approximate surface area is 190 Å². The Balaban J connectivity index is 1.94. The zero-order valence-corrected chi connectivity index (χ0v) is 18.3. The molecule has 1 aromatic heterocycles. The Hall–Kier alpha value is -2.92. The van der Waals surface area contributed by atoms with Crippen LogP contribution in [0.4, 0.5) is 23.2 Å². The first kappa shape index (κ1) is 24.7. The number of amides is 2. The lowest BCUT2D eigenvalue weighted by molar-refractivity contribution is -0.201. The summed E-state index contributed by atoms with van der Waals surface area (Å²) in [5.41, 5.74) is -2.46. The van der Waals surface area contributed by atoms with Crippen LogP contribution >= 0.6 is 11.6 Å². The van der Waals surface area contributed by atoms with Gasteiger partial charge < -0.3 is 20.3 Å². The van der Waals surface area contributed by atoms with Gasteiger partial charge in [-0.15, -0.1) is 0 Å². The highest BCUT2D eigenvalue weighted by molar-refractivity contribution is 6.44. The minimum atomic E-state index is -5.00. The SMILES string of the molecule is Cc1c(C(=O)C(=O)N[C@](C)(CO)C(F)(F)F)c2n(c1C(=O)Nc1ccc(F)c(Cl)c1)CCC2. The maximum Gasteiger partial charge on any atom is 0.413 e. The van der Waals surface area contributed by atoms with E-state index in [9.17, 15) is 31.9 Å². The van der Waals surface area contributed by atoms with Crippen LogP contribution in [0.3, 0.4) is 0 Å². The van der Waals surface area contributed by atoms with Crippen LogP contribution in [0.2, 0.25) is 5.02 Å². The minimum Gasteiger partial charge on any atom is -0.394 e. The van der Waals surface area contributed by atoms with Crippen molar-refractivity contribution in [3.63, 3.8) is 0 Å². The summed E-state index contributed by atoms with van der Waals surface area (Å²) in [6.07, 6.45) is -4.12. The molecule has 0 unspecified atom stereocenters. The maximum absolute atomic E-state index is 13.4. The Kier molecular flexibility index (Phi) is 6.58. The number of anilines is 1. The predicted molar refractivity (Wildman–Crippen MR) is 111 cm³/mol. The summed E-state index contributed by atoms with van der Waals surface area (Å²) in [6.45, 7) is 0.862. The van der Waals surface area contributed by atoms with Crippen LogP contribution in [0.25, 0.3) is 0 Å². The van der Waals surface area contributed by atoms with Crippen LogP contribution in [0.1, 0.15) is 45.4 Å². The van der Waals surface area contributed by atoms with Gasteiger partial charge in [-0.05, 0) is 50.5 Å². The number of ketones is 1. The number of carbonyl (C=O) groups is 3. The summed E-state index contributed by atoms with van der Waals surface area (Å²) in [5.74, 6) is -4.13. The highest BCUT2D eigenvalue weighted by Gasteiger charge is 2.52. The third-order valence-electron chi connectivity index (χ3n) is 5.57. The Morgan fingerprint density at radius 2 is 1.91 bits per heavy atom. The van der Waals surface area contributed by atoms with Gasteiger partial charge in [0.2, 0.25) is 0 Å². The zero-order chi connectivity index (χ0) is 24.7. The number of hydrogen-bond acceptors (Lipinski definition) is 4. The molecule has 0 spiro atoms. The zero-order valence-electron chi connectivity index (χ0n) is 17.6. The smallest absolute Gasteiger partial charge is 0.394 e. The maximum atomic E-state index is 13.4. The fourth-order valence-electron chi connectivity index (χ4n) is 3.70. The third kappa shape index (κ3) is 4.47. The van der Waals surface area contributed by atoms with Gasteiger partial charge in [0.15, 0.2) is 5.54 Å². The Morgan fingerprint density at radius 3 is 2.48 bits per heavy atom. The molecule has 1 atom stereocenters. The van der Waals surface area contributed by atoms with Crippen molar-refractivity contribution >= 4 is 34.9 Å². The normalized spacial score (nSPS) is 15.0. The number of rotatable bonds is 6. The molecule has 0 aliphatic carbocycles. The fourth-order valence-corrected chi connectivity index (χ4v) is 3.88. The van der Waals surface area contributed by atoms with Crippen LogP contribution in [-0.2, 0) is 17.8 Å². The number of aliphatic hydroxyl groups is 1. The molecule has 12 heteroatoms. The number of hydrogen-bond donors (Lipinski definition) is 3. The number of Topliss-reactive ketones (excluding diaryl/α,β-unsaturated/α-hetero) is 1. The van der Waals surface area contributed by atoms with Gasteiger partial charge in [-0.3, -0.25) is 14.4 Å². The summed E-state index contributed by atoms with van der Waals surface area (Å²) in [5, 5.41) is 13.0. The van der Waals surface area contributed by atoms with Crippen molar-refractivity contribution in [3.8, 4) is 0 Å². The summed E-state index contributed by atoms with van der Waals surface area (Å²) in [6, 6.07) is 3.55. The second kappa shape index (κ2) is 8.79. The number of carbonyl (C=O) groups excluding carboxylic acids is 3. The largest absolute Gasteiger partial charge is 0.413 e. The van der Waals surface area contributed by atoms with Crippen LogP contribution in [0.15, 0.2) is 18.2 Å². The van der Waals surface area contributed by atoms with Gasteiger partial charge in [0.05, 0.1) is 17.2 Å². The molecule has 3 N–H and O–H groups in total. The summed E-state index contributed by atoms with van der Waals surface area (Å²) in [7, 11) is 0. The van der Waals surface area contributed by atoms with Crippen molar-refractivity contribution in [1.82, 2.24) is 9.88 Å². The van der Waals surface area contributed by atoms with Gasteiger partial charge in [-0.2, -0.15) is 13.2 Å². The van der Waals surface area contributed by atoms with Gasteiger partial charge in [-0.25, -0.2) is 4.39 Å². The number of fused-ring (bicyclic) bond motifs is 1. The molecule has 0 saturated carbocycles. The van der Waals surface area contributed by atoms with E-state index in [1.807, 2.05) is 0 Å². The summed E-state index contributed by atoms with van der Waals surface area (Å²) >= 11 is 5.73. The molecule has 1 aromatic carbocycles. The number of aliphatic hydroxyl groups excluding tert-OH is 1. The van der Waals surface area contributed by atoms with E-state index in [0.29, 0.717) is 32.0 Å². The van der Waals surface area contributed by atoms with Crippen LogP contribution in [0, 0.1) is 12.7 Å². The second-order valence-electron chi connectivity index (χ2n) is 7.90. The van der Waals surface area contributed by atoms with E-state index in [4.69, 9.17) is 16.7 Å². The van der Waals surface area contributed by atoms with Gasteiger partial charge >= 0.3 is 6.18 Å². The first-order valence-electron chi connectivity index (χ1n) is 9.83. The molecule has 33 heavy (non-hydrogen) atoms. The van der Waals surface area contributed by atoms with Crippen molar-refractivity contribution < 1.29 is 37.1 Å². The molecule has 0 saturated heterocycles. The molecule has 2 aromatic rings. The highest BCUT2D eigenvalue weighted by Crippen LogP contribution is 2.32. The molecule has 0 radical (unpaired) electrons. The minimum absolute atomic E-state index is 0.0554. The van der Waals surface area contributed by atoms with E-state index in [0.717, 1.165) is 6.07 Å². The molecule has 1 aliphatic rings. The average Bonchev–Trinajstić information content (AvgIpc) is 3.28. The monoisotopic (exact) mass is 489 g/mol. The second-order valence-corrected chi connectivity index (χ2v) is 8.31. The van der Waals surface area contributed by atoms with E-state index >= 15 is 0 Å². The molecule has 7 nitrogen and oxygen atoms in total. The topological polar surface area (TPSA) is 100 Å². The van der Waals surface area contributed by atoms with Crippen LogP contribution < -0.4 is 10.6 Å². The lowest BCUT2D eigenvalue weighted by atomic mass is 9.99. The quantitative estimate of drug-likeness (QED) is 0.329. The van der Waals surface area contributed by atoms with Crippen molar-refractivity contribution in [2.24, 2.45) is 0 Å². The van der Waals surface area contributed by atoms with Crippen molar-refractivity contribution in [3.05, 3.63) is 51.6 Å². The van der Waals surface area contributed by atoms with E-state index in [1.165, 1.54) is 23.6 Å². The van der Waals surface area contributed by atoms with E-state index in [1.54, 1.807) is 5.32 Å². The third-order valence-corrected chi connectivity index (χ3v) is 5.86. The fraction of sp³-hybridized carbons (Fsp3) is 0.381. The lowest BCUT2D eigenvalue weighted by Gasteiger charge is -2.30. The molecule has 0 fully saturated rings. The van der Waals surface area contributed by atoms with Crippen molar-refractivity contribution in [2.45, 2.75) is 44.9 Å². The summed E-state index contributed by atoms with van der Waals surface area (Å²) in [4.78, 5) is 38.2. The van der Waals surface area contributed by atoms with E-state index < -0.39 is 41.7 Å². The van der Waals surface area contributed by atoms with Crippen molar-refractivity contribution in [1.29, 1.82) is 0 Å². The lowest BCUT2D eigenvalue weighted by Crippen LogP contribution is -2.60. The first-order valence-corrected chi connectivity index (χ1v) is 10.2. The average molecular weight is 490 g/mol. The van der Waals surface area contributed by atoms with Crippen molar-refractivity contribution in [2.75, 3.05) is 11.9 Å². The number of nitrogens with one attached hydrogen (secondary N) is 2. The molecule has 178 valence electrons. The highest BCUT2D eigenvalue weighted by atomic mass is 35.5. The molecule has 0 bridgehead atoms. The first-order chi connectivity index (χ1) is 15.3. The van der Waals surface area contributed by atoms with Crippen LogP contribution in [-0.4, -0.2) is 45.6 Å². The molecule has 2 amide bonds. The van der Waals surface area contributed by atoms with Gasteiger partial charge in [0.25, 0.3) is 17.6 Å². The van der Waals surface area contributed by atoms with E-state index in [-0.39, 0.29) is 27.5 Å². The number of benzene rings is 1. The molecular weight excluding hydrogens is 470 g/mol. The van der Waals surface area contributed by atoms with Crippen LogP contribution in [0.5, 0.6) is 0 Å². The number of aromatic nitrogens is 1. The standard InChI is InChI=1S/C21H20ClF4N3O4/c1-10-15(17(31)19(33)28-20(2,9-30)21(24,25)26)14-4-3-7-29(14)16(10)18(32)27-11-5-6-13(23)12(22)8-11/h5-6,8,30H,3-4,7,9H2,1-2H3,(H,27,32)(H,28,33)/t20-/m1/s1. The number of alkyl halides is 3. The van der Waals surface area contributed by atoms with E-state index in [2.05, 4.69) is 5.32 Å². The predicted octanol–water partition coefficient (Wildman–Crippen LogP) is 3.40. The van der Waals surface area contributed by atoms with Gasteiger partial charge in [0.1, 0.15) is 11.5 Å². The number of nitrogens with zero attached hydrogens (tertiary/aromatic N) is 1. The molecule has 3 rings (SSSR count). The molecule has 2 heterocycles. The Morgan fingerprint density at radius 1 is 1.24 bits per heavy atom. The van der Waals surface area contributed by atoms with Gasteiger partial charge in [-0.1, -0.05) is 11.6 Å². The number of halogens is 5.